The normalized spacial score (nSPS) is 12.4. The van der Waals surface area contributed by atoms with E-state index in [9.17, 15) is 14.4 Å². The molecule has 1 atom stereocenters. The van der Waals surface area contributed by atoms with E-state index in [-0.39, 0.29) is 31.1 Å². The van der Waals surface area contributed by atoms with Crippen LogP contribution in [-0.2, 0) is 28.6 Å². The SMILES string of the molecule is CC/C=C\C/C=C\C/C=C\C/C=C\CCCCCCC(=O)OC(COC(=O)CCCCCCCCCCCCCCC/C=C\CCCCCCCCCC)COC(=O)CCCCCCCCCCCCCCCCCC. The van der Waals surface area contributed by atoms with Gasteiger partial charge in [-0.2, -0.15) is 0 Å². The number of ether oxygens (including phenoxy) is 3. The lowest BCUT2D eigenvalue weighted by Crippen LogP contribution is -2.30. The van der Waals surface area contributed by atoms with Gasteiger partial charge in [0.05, 0.1) is 0 Å². The van der Waals surface area contributed by atoms with Crippen LogP contribution in [0.1, 0.15) is 348 Å². The minimum absolute atomic E-state index is 0.0805. The molecule has 0 aliphatic carbocycles. The molecule has 0 N–H and O–H groups in total. The molecule has 0 heterocycles. The topological polar surface area (TPSA) is 78.9 Å². The molecule has 1 unspecified atom stereocenters. The zero-order valence-electron chi connectivity index (χ0n) is 50.8. The average Bonchev–Trinajstić information content (AvgIpc) is 3.42. The van der Waals surface area contributed by atoms with Gasteiger partial charge in [0.25, 0.3) is 0 Å². The molecule has 0 amide bonds. The molecule has 0 aromatic carbocycles. The average molecular weight is 1060 g/mol. The van der Waals surface area contributed by atoms with E-state index >= 15 is 0 Å². The summed E-state index contributed by atoms with van der Waals surface area (Å²) in [7, 11) is 0. The lowest BCUT2D eigenvalue weighted by atomic mass is 10.0. The maximum atomic E-state index is 12.9. The Labute approximate surface area is 472 Å². The summed E-state index contributed by atoms with van der Waals surface area (Å²) in [6.07, 6.45) is 82.4. The lowest BCUT2D eigenvalue weighted by molar-refractivity contribution is -0.167. The Hall–Kier alpha value is -2.89. The first-order chi connectivity index (χ1) is 37.5. The highest BCUT2D eigenvalue weighted by molar-refractivity contribution is 5.71. The molecule has 0 aromatic rings. The third-order valence-corrected chi connectivity index (χ3v) is 14.8. The van der Waals surface area contributed by atoms with Gasteiger partial charge in [0, 0.05) is 19.3 Å². The molecule has 0 bridgehead atoms. The minimum Gasteiger partial charge on any atom is -0.462 e. The van der Waals surface area contributed by atoms with Crippen molar-refractivity contribution in [2.75, 3.05) is 13.2 Å². The zero-order chi connectivity index (χ0) is 55.0. The number of hydrogen-bond donors (Lipinski definition) is 0. The van der Waals surface area contributed by atoms with E-state index in [1.54, 1.807) is 0 Å². The van der Waals surface area contributed by atoms with E-state index in [1.165, 1.54) is 212 Å². The molecule has 76 heavy (non-hydrogen) atoms. The van der Waals surface area contributed by atoms with Crippen LogP contribution in [0.5, 0.6) is 0 Å². The Kier molecular flexibility index (Phi) is 62.2. The monoisotopic (exact) mass is 1060 g/mol. The smallest absolute Gasteiger partial charge is 0.306 e. The maximum absolute atomic E-state index is 12.9. The van der Waals surface area contributed by atoms with Crippen LogP contribution in [0.4, 0.5) is 0 Å². The van der Waals surface area contributed by atoms with Gasteiger partial charge < -0.3 is 14.2 Å². The number of unbranched alkanes of at least 4 members (excludes halogenated alkanes) is 40. The second-order valence-corrected chi connectivity index (χ2v) is 22.4. The van der Waals surface area contributed by atoms with Gasteiger partial charge in [0.1, 0.15) is 13.2 Å². The Morgan fingerprint density at radius 2 is 0.513 bits per heavy atom. The fraction of sp³-hybridized carbons (Fsp3) is 0.814. The first-order valence-corrected chi connectivity index (χ1v) is 33.3. The van der Waals surface area contributed by atoms with Crippen LogP contribution in [-0.4, -0.2) is 37.2 Å². The quantitative estimate of drug-likeness (QED) is 0.0261. The molecular weight excluding hydrogens is 937 g/mol. The largest absolute Gasteiger partial charge is 0.462 e. The van der Waals surface area contributed by atoms with Crippen molar-refractivity contribution in [1.29, 1.82) is 0 Å². The molecule has 0 aliphatic heterocycles. The molecule has 0 radical (unpaired) electrons. The van der Waals surface area contributed by atoms with Gasteiger partial charge in [-0.1, -0.05) is 306 Å². The Morgan fingerprint density at radius 3 is 0.816 bits per heavy atom. The predicted octanol–water partition coefficient (Wildman–Crippen LogP) is 22.7. The van der Waals surface area contributed by atoms with Crippen molar-refractivity contribution in [3.8, 4) is 0 Å². The molecule has 0 spiro atoms. The summed E-state index contributed by atoms with van der Waals surface area (Å²) in [4.78, 5) is 38.4. The van der Waals surface area contributed by atoms with Crippen molar-refractivity contribution >= 4 is 17.9 Å². The van der Waals surface area contributed by atoms with E-state index in [4.69, 9.17) is 14.2 Å². The van der Waals surface area contributed by atoms with Crippen molar-refractivity contribution < 1.29 is 28.6 Å². The minimum atomic E-state index is -0.786. The second kappa shape index (κ2) is 64.6. The Bertz CT molecular complexity index is 1360. The van der Waals surface area contributed by atoms with Crippen LogP contribution in [0.15, 0.2) is 60.8 Å². The molecule has 0 fully saturated rings. The summed E-state index contributed by atoms with van der Waals surface area (Å²) in [6, 6.07) is 0. The van der Waals surface area contributed by atoms with Crippen LogP contribution in [0.3, 0.4) is 0 Å². The molecule has 0 aliphatic rings. The molecular formula is C70H126O6. The molecule has 0 rings (SSSR count). The first kappa shape index (κ1) is 73.1. The van der Waals surface area contributed by atoms with E-state index in [0.717, 1.165) is 96.3 Å². The summed E-state index contributed by atoms with van der Waals surface area (Å²) in [5, 5.41) is 0. The van der Waals surface area contributed by atoms with Crippen molar-refractivity contribution in [2.24, 2.45) is 0 Å². The van der Waals surface area contributed by atoms with Gasteiger partial charge in [-0.05, 0) is 83.5 Å². The highest BCUT2D eigenvalue weighted by Crippen LogP contribution is 2.17. The Morgan fingerprint density at radius 1 is 0.276 bits per heavy atom. The Balaban J connectivity index is 4.31. The summed E-state index contributed by atoms with van der Waals surface area (Å²) in [5.74, 6) is -0.884. The van der Waals surface area contributed by atoms with E-state index in [2.05, 4.69) is 81.5 Å². The summed E-state index contributed by atoms with van der Waals surface area (Å²) in [5.41, 5.74) is 0. The number of carbonyl (C=O) groups is 3. The number of esters is 3. The van der Waals surface area contributed by atoms with Crippen LogP contribution >= 0.6 is 0 Å². The zero-order valence-corrected chi connectivity index (χ0v) is 50.8. The predicted molar refractivity (Wildman–Crippen MR) is 330 cm³/mol. The summed E-state index contributed by atoms with van der Waals surface area (Å²) < 4.78 is 16.9. The van der Waals surface area contributed by atoms with Crippen molar-refractivity contribution in [3.63, 3.8) is 0 Å². The standard InChI is InChI=1S/C70H126O6/c1-4-7-10-13-16-19-22-25-28-31-32-33-34-35-36-37-38-40-42-45-48-51-54-57-60-63-69(72)75-66-67(65-74-68(71)62-59-56-53-50-47-44-41-30-27-24-21-18-15-12-9-6-3)76-70(73)64-61-58-55-52-49-46-43-39-29-26-23-20-17-14-11-8-5-2/h8,11,17,20,26,29,31-32,43,46,67H,4-7,9-10,12-16,18-19,21-25,27-28,30,33-42,44-45,47-66H2,1-3H3/b11-8-,20-17-,29-26-,32-31-,46-43-. The second-order valence-electron chi connectivity index (χ2n) is 22.4. The molecule has 0 saturated carbocycles. The van der Waals surface area contributed by atoms with E-state index in [1.807, 2.05) is 0 Å². The van der Waals surface area contributed by atoms with Gasteiger partial charge in [-0.15, -0.1) is 0 Å². The fourth-order valence-electron chi connectivity index (χ4n) is 9.79. The van der Waals surface area contributed by atoms with Gasteiger partial charge in [0.15, 0.2) is 6.10 Å². The molecule has 0 saturated heterocycles. The van der Waals surface area contributed by atoms with Crippen LogP contribution < -0.4 is 0 Å². The lowest BCUT2D eigenvalue weighted by Gasteiger charge is -2.18. The van der Waals surface area contributed by atoms with Crippen molar-refractivity contribution in [3.05, 3.63) is 60.8 Å². The first-order valence-electron chi connectivity index (χ1n) is 33.3. The third kappa shape index (κ3) is 62.0. The van der Waals surface area contributed by atoms with Crippen LogP contribution in [0.25, 0.3) is 0 Å². The highest BCUT2D eigenvalue weighted by atomic mass is 16.6. The molecule has 442 valence electrons. The van der Waals surface area contributed by atoms with E-state index in [0.29, 0.717) is 19.3 Å². The van der Waals surface area contributed by atoms with Crippen LogP contribution in [0, 0.1) is 0 Å². The third-order valence-electron chi connectivity index (χ3n) is 14.8. The maximum Gasteiger partial charge on any atom is 0.306 e. The van der Waals surface area contributed by atoms with Gasteiger partial charge in [0.2, 0.25) is 0 Å². The van der Waals surface area contributed by atoms with Crippen molar-refractivity contribution in [1.82, 2.24) is 0 Å². The van der Waals surface area contributed by atoms with Crippen LogP contribution in [0.2, 0.25) is 0 Å². The molecule has 6 nitrogen and oxygen atoms in total. The molecule has 6 heteroatoms. The van der Waals surface area contributed by atoms with Gasteiger partial charge in [-0.3, -0.25) is 14.4 Å². The van der Waals surface area contributed by atoms with Gasteiger partial charge >= 0.3 is 17.9 Å². The van der Waals surface area contributed by atoms with Gasteiger partial charge in [-0.25, -0.2) is 0 Å². The number of carbonyl (C=O) groups excluding carboxylic acids is 3. The summed E-state index contributed by atoms with van der Waals surface area (Å²) >= 11 is 0. The fourth-order valence-corrected chi connectivity index (χ4v) is 9.79. The number of allylic oxidation sites excluding steroid dienone is 10. The summed E-state index contributed by atoms with van der Waals surface area (Å²) in [6.45, 7) is 6.56. The highest BCUT2D eigenvalue weighted by Gasteiger charge is 2.19. The van der Waals surface area contributed by atoms with Crippen molar-refractivity contribution in [2.45, 2.75) is 354 Å². The van der Waals surface area contributed by atoms with E-state index < -0.39 is 6.10 Å². The number of hydrogen-bond acceptors (Lipinski definition) is 6. The molecule has 0 aromatic heterocycles. The number of rotatable bonds is 61.